The number of sulfonamides is 1. The number of ether oxygens (including phenoxy) is 3. The Morgan fingerprint density at radius 1 is 1.07 bits per heavy atom. The first-order valence-electron chi connectivity index (χ1n) is 15.1. The molecule has 0 bridgehead atoms. The average Bonchev–Trinajstić information content (AvgIpc) is 3.64. The molecular formula is C31H40N2O9S3. The number of aliphatic hydroxyl groups is 1. The van der Waals surface area contributed by atoms with Crippen LogP contribution in [-0.2, 0) is 45.3 Å². The maximum atomic E-state index is 14.0. The highest BCUT2D eigenvalue weighted by Gasteiger charge is 2.41. The van der Waals surface area contributed by atoms with Crippen molar-refractivity contribution in [1.29, 1.82) is 0 Å². The molecule has 2 aromatic carbocycles. The molecule has 2 fully saturated rings. The lowest BCUT2D eigenvalue weighted by Crippen LogP contribution is -2.43. The Morgan fingerprint density at radius 2 is 1.78 bits per heavy atom. The number of fused-ring (bicyclic) bond motifs is 2. The van der Waals surface area contributed by atoms with E-state index in [4.69, 9.17) is 14.2 Å². The first kappa shape index (κ1) is 33.9. The van der Waals surface area contributed by atoms with Crippen molar-refractivity contribution in [2.24, 2.45) is 17.8 Å². The molecule has 1 N–H and O–H groups in total. The lowest BCUT2D eigenvalue weighted by Gasteiger charge is -2.33. The quantitative estimate of drug-likeness (QED) is 0.265. The molecule has 3 heterocycles. The van der Waals surface area contributed by atoms with E-state index in [1.807, 2.05) is 44.2 Å². The van der Waals surface area contributed by atoms with Crippen LogP contribution in [0.25, 0.3) is 10.2 Å². The Bertz CT molecular complexity index is 1690. The lowest BCUT2D eigenvalue weighted by molar-refractivity contribution is -0.195. The van der Waals surface area contributed by atoms with Gasteiger partial charge in [0.1, 0.15) is 6.10 Å². The molecule has 246 valence electrons. The monoisotopic (exact) mass is 680 g/mol. The maximum Gasteiger partial charge on any atom is 0.306 e. The largest absolute Gasteiger partial charge is 0.462 e. The second kappa shape index (κ2) is 14.1. The van der Waals surface area contributed by atoms with Gasteiger partial charge in [-0.1, -0.05) is 44.2 Å². The minimum atomic E-state index is -4.12. The number of aliphatic hydroxyl groups excluding tert-OH is 1. The van der Waals surface area contributed by atoms with Crippen LogP contribution in [0, 0.1) is 17.8 Å². The molecule has 5 atom stereocenters. The molecule has 45 heavy (non-hydrogen) atoms. The lowest BCUT2D eigenvalue weighted by atomic mass is 9.90. The fraction of sp³-hybridized carbons (Fsp3) is 0.548. The van der Waals surface area contributed by atoms with Gasteiger partial charge in [0.2, 0.25) is 24.2 Å². The molecule has 3 aromatic rings. The zero-order valence-corrected chi connectivity index (χ0v) is 28.0. The molecule has 1 aromatic heterocycles. The molecule has 2 aliphatic rings. The third-order valence-electron chi connectivity index (χ3n) is 8.10. The zero-order chi connectivity index (χ0) is 32.4. The first-order valence-corrected chi connectivity index (χ1v) is 19.2. The van der Waals surface area contributed by atoms with Gasteiger partial charge >= 0.3 is 5.97 Å². The minimum absolute atomic E-state index is 0.0292. The smallest absolute Gasteiger partial charge is 0.306 e. The average molecular weight is 681 g/mol. The summed E-state index contributed by atoms with van der Waals surface area (Å²) in [6.45, 7) is 4.63. The van der Waals surface area contributed by atoms with Crippen molar-refractivity contribution in [2.45, 2.75) is 67.3 Å². The van der Waals surface area contributed by atoms with E-state index in [1.165, 1.54) is 22.5 Å². The molecule has 2 saturated heterocycles. The van der Waals surface area contributed by atoms with Crippen molar-refractivity contribution < 1.29 is 40.9 Å². The number of carbonyl (C=O) groups excluding carboxylic acids is 1. The topological polar surface area (TPSA) is 149 Å². The Hall–Kier alpha value is -2.46. The predicted octanol–water partition coefficient (Wildman–Crippen LogP) is 3.65. The van der Waals surface area contributed by atoms with Crippen molar-refractivity contribution in [3.63, 3.8) is 0 Å². The van der Waals surface area contributed by atoms with Crippen LogP contribution in [0.2, 0.25) is 0 Å². The van der Waals surface area contributed by atoms with E-state index in [1.54, 1.807) is 0 Å². The van der Waals surface area contributed by atoms with Crippen molar-refractivity contribution in [1.82, 2.24) is 9.29 Å². The number of thiazole rings is 1. The number of nitrogens with zero attached hydrogens (tertiary/aromatic N) is 2. The minimum Gasteiger partial charge on any atom is -0.462 e. The van der Waals surface area contributed by atoms with Crippen molar-refractivity contribution in [3.8, 4) is 0 Å². The number of rotatable bonds is 13. The van der Waals surface area contributed by atoms with Crippen LogP contribution in [0.4, 0.5) is 0 Å². The van der Waals surface area contributed by atoms with Crippen molar-refractivity contribution >= 4 is 47.4 Å². The second-order valence-electron chi connectivity index (χ2n) is 12.2. The summed E-state index contributed by atoms with van der Waals surface area (Å²) in [7, 11) is -7.67. The van der Waals surface area contributed by atoms with Gasteiger partial charge in [-0.05, 0) is 42.5 Å². The van der Waals surface area contributed by atoms with Crippen LogP contribution in [0.3, 0.4) is 0 Å². The zero-order valence-electron chi connectivity index (χ0n) is 25.6. The number of hydrogen-bond donors (Lipinski definition) is 1. The van der Waals surface area contributed by atoms with Crippen LogP contribution in [0.5, 0.6) is 0 Å². The number of aromatic nitrogens is 1. The molecule has 5 rings (SSSR count). The van der Waals surface area contributed by atoms with Crippen LogP contribution in [-0.4, -0.2) is 88.3 Å². The van der Waals surface area contributed by atoms with Gasteiger partial charge in [-0.2, -0.15) is 4.31 Å². The Balaban J connectivity index is 1.37. The van der Waals surface area contributed by atoms with Gasteiger partial charge in [0, 0.05) is 37.6 Å². The normalized spacial score (nSPS) is 22.0. The SMILES string of the molecule is CC(C)CN(C[C@@H](O)[C@@H](CC(=O)O[C@H]1CCO[C@H]2OCC[C@H]21)Cc1ccccc1)S(=O)(=O)c1ccc2nc(S(C)(=O)=O)sc2c1. The van der Waals surface area contributed by atoms with E-state index in [0.717, 1.165) is 29.6 Å². The van der Waals surface area contributed by atoms with E-state index in [0.29, 0.717) is 36.3 Å². The highest BCUT2D eigenvalue weighted by atomic mass is 32.2. The molecule has 14 heteroatoms. The number of carbonyl (C=O) groups is 1. The highest BCUT2D eigenvalue weighted by molar-refractivity contribution is 7.92. The standard InChI is InChI=1S/C31H40N2O9S3/c1-20(2)18-33(45(38,39)23-9-10-25-28(17-23)43-31(32-25)44(3,36)37)19-26(34)22(15-21-7-5-4-6-8-21)16-29(35)42-27-12-14-41-30-24(27)11-13-40-30/h4-10,17,20,22,24,26-27,30,34H,11-16,18-19H2,1-3H3/t22-,24+,26-,27+,30-/m1/s1. The molecule has 2 aliphatic heterocycles. The van der Waals surface area contributed by atoms with Gasteiger partial charge in [-0.3, -0.25) is 4.79 Å². The van der Waals surface area contributed by atoms with Gasteiger partial charge in [0.25, 0.3) is 0 Å². The van der Waals surface area contributed by atoms with E-state index in [9.17, 15) is 26.7 Å². The summed E-state index contributed by atoms with van der Waals surface area (Å²) in [6, 6.07) is 13.7. The fourth-order valence-corrected chi connectivity index (χ4v) is 9.45. The number of benzene rings is 2. The van der Waals surface area contributed by atoms with E-state index in [2.05, 4.69) is 4.98 Å². The third-order valence-corrected chi connectivity index (χ3v) is 12.6. The Morgan fingerprint density at radius 3 is 2.47 bits per heavy atom. The van der Waals surface area contributed by atoms with Crippen LogP contribution < -0.4 is 0 Å². The molecule has 0 unspecified atom stereocenters. The Labute approximate surface area is 268 Å². The first-order chi connectivity index (χ1) is 21.3. The molecule has 0 amide bonds. The summed E-state index contributed by atoms with van der Waals surface area (Å²) in [4.78, 5) is 17.4. The van der Waals surface area contributed by atoms with E-state index in [-0.39, 0.29) is 53.0 Å². The summed E-state index contributed by atoms with van der Waals surface area (Å²) >= 11 is 0.908. The van der Waals surface area contributed by atoms with Gasteiger partial charge in [0.05, 0.1) is 40.9 Å². The number of hydrogen-bond acceptors (Lipinski definition) is 11. The third kappa shape index (κ3) is 8.28. The number of sulfone groups is 1. The van der Waals surface area contributed by atoms with Gasteiger partial charge in [-0.25, -0.2) is 21.8 Å². The van der Waals surface area contributed by atoms with Crippen molar-refractivity contribution in [3.05, 3.63) is 54.1 Å². The molecular weight excluding hydrogens is 641 g/mol. The fourth-order valence-electron chi connectivity index (χ4n) is 5.85. The summed E-state index contributed by atoms with van der Waals surface area (Å²) in [5, 5.41) is 11.6. The van der Waals surface area contributed by atoms with E-state index < -0.39 is 37.9 Å². The van der Waals surface area contributed by atoms with Gasteiger partial charge < -0.3 is 19.3 Å². The summed E-state index contributed by atoms with van der Waals surface area (Å²) in [5.41, 5.74) is 1.29. The van der Waals surface area contributed by atoms with Gasteiger partial charge in [-0.15, -0.1) is 11.3 Å². The molecule has 11 nitrogen and oxygen atoms in total. The molecule has 0 radical (unpaired) electrons. The molecule has 0 aliphatic carbocycles. The van der Waals surface area contributed by atoms with Crippen LogP contribution in [0.15, 0.2) is 57.8 Å². The number of esters is 1. The van der Waals surface area contributed by atoms with Crippen molar-refractivity contribution in [2.75, 3.05) is 32.6 Å². The molecule has 0 saturated carbocycles. The van der Waals surface area contributed by atoms with E-state index >= 15 is 0 Å². The molecule has 0 spiro atoms. The Kier molecular flexibility index (Phi) is 10.6. The van der Waals surface area contributed by atoms with Crippen LogP contribution >= 0.6 is 11.3 Å². The van der Waals surface area contributed by atoms with Crippen LogP contribution in [0.1, 0.15) is 38.7 Å². The summed E-state index contributed by atoms with van der Waals surface area (Å²) in [5.74, 6) is -1.18. The predicted molar refractivity (Wildman–Crippen MR) is 169 cm³/mol. The highest BCUT2D eigenvalue weighted by Crippen LogP contribution is 2.34. The summed E-state index contributed by atoms with van der Waals surface area (Å²) in [6.07, 6.45) is 0.711. The summed E-state index contributed by atoms with van der Waals surface area (Å²) < 4.78 is 70.7. The second-order valence-corrected chi connectivity index (χ2v) is 17.4. The van der Waals surface area contributed by atoms with Gasteiger partial charge in [0.15, 0.2) is 6.29 Å². The maximum absolute atomic E-state index is 14.0.